The summed E-state index contributed by atoms with van der Waals surface area (Å²) in [5.74, 6) is 0.402. The van der Waals surface area contributed by atoms with E-state index in [-0.39, 0.29) is 17.7 Å². The van der Waals surface area contributed by atoms with Crippen molar-refractivity contribution in [1.29, 1.82) is 0 Å². The second-order valence-electron chi connectivity index (χ2n) is 6.86. The highest BCUT2D eigenvalue weighted by Gasteiger charge is 2.34. The summed E-state index contributed by atoms with van der Waals surface area (Å²) in [5.41, 5.74) is 2.63. The van der Waals surface area contributed by atoms with Gasteiger partial charge < -0.3 is 4.74 Å². The van der Waals surface area contributed by atoms with Crippen molar-refractivity contribution < 1.29 is 14.3 Å². The van der Waals surface area contributed by atoms with Gasteiger partial charge in [-0.3, -0.25) is 14.5 Å². The number of rotatable bonds is 6. The Labute approximate surface area is 194 Å². The number of hydrogen-bond acceptors (Lipinski definition) is 4. The van der Waals surface area contributed by atoms with Crippen LogP contribution >= 0.6 is 35.0 Å². The van der Waals surface area contributed by atoms with E-state index in [4.69, 9.17) is 27.9 Å². The quantitative estimate of drug-likeness (QED) is 0.372. The molecule has 0 N–H and O–H groups in total. The summed E-state index contributed by atoms with van der Waals surface area (Å²) in [6.45, 7) is 0.624. The maximum absolute atomic E-state index is 12.7. The molecule has 1 fully saturated rings. The van der Waals surface area contributed by atoms with E-state index >= 15 is 0 Å². The van der Waals surface area contributed by atoms with E-state index in [0.717, 1.165) is 28.5 Å². The first-order chi connectivity index (χ1) is 15.0. The average Bonchev–Trinajstić information content (AvgIpc) is 3.03. The fourth-order valence-corrected chi connectivity index (χ4v) is 4.17. The zero-order valence-corrected chi connectivity index (χ0v) is 18.6. The molecule has 1 heterocycles. The maximum atomic E-state index is 12.7. The molecule has 0 aliphatic carbocycles. The van der Waals surface area contributed by atoms with E-state index < -0.39 is 0 Å². The van der Waals surface area contributed by atoms with Crippen LogP contribution in [0.1, 0.15) is 16.7 Å². The molecule has 0 aromatic heterocycles. The molecule has 1 aliphatic rings. The molecular formula is C24H17Cl2NO3S. The van der Waals surface area contributed by atoms with Crippen LogP contribution in [0.15, 0.2) is 77.7 Å². The van der Waals surface area contributed by atoms with Gasteiger partial charge in [-0.15, -0.1) is 0 Å². The Balaban J connectivity index is 1.40. The van der Waals surface area contributed by atoms with Gasteiger partial charge in [-0.1, -0.05) is 71.7 Å². The van der Waals surface area contributed by atoms with Crippen LogP contribution in [0.3, 0.4) is 0 Å². The third kappa shape index (κ3) is 5.31. The molecule has 1 aliphatic heterocycles. The molecule has 4 rings (SSSR count). The SMILES string of the molecule is O=C1S/C(=C\c2ccc(OCc3ccc(Cl)c(Cl)c3)cc2)C(=O)N1Cc1ccccc1. The van der Waals surface area contributed by atoms with Crippen LogP contribution in [-0.2, 0) is 17.9 Å². The zero-order chi connectivity index (χ0) is 21.8. The van der Waals surface area contributed by atoms with Crippen LogP contribution in [0.5, 0.6) is 5.75 Å². The van der Waals surface area contributed by atoms with Crippen molar-refractivity contribution in [2.45, 2.75) is 13.2 Å². The zero-order valence-electron chi connectivity index (χ0n) is 16.3. The Morgan fingerprint density at radius 3 is 2.32 bits per heavy atom. The normalized spacial score (nSPS) is 15.0. The average molecular weight is 470 g/mol. The van der Waals surface area contributed by atoms with Gasteiger partial charge in [-0.25, -0.2) is 0 Å². The molecule has 0 unspecified atom stereocenters. The summed E-state index contributed by atoms with van der Waals surface area (Å²) >= 11 is 12.9. The van der Waals surface area contributed by atoms with Crippen molar-refractivity contribution in [2.75, 3.05) is 0 Å². The number of amides is 2. The Hall–Kier alpha value is -2.73. The maximum Gasteiger partial charge on any atom is 0.293 e. The third-order valence-corrected chi connectivity index (χ3v) is 6.27. The lowest BCUT2D eigenvalue weighted by atomic mass is 10.2. The Morgan fingerprint density at radius 1 is 0.871 bits per heavy atom. The monoisotopic (exact) mass is 469 g/mol. The summed E-state index contributed by atoms with van der Waals surface area (Å²) in [6, 6.07) is 22.1. The number of benzene rings is 3. The predicted octanol–water partition coefficient (Wildman–Crippen LogP) is 6.81. The lowest BCUT2D eigenvalue weighted by Gasteiger charge is -2.12. The minimum atomic E-state index is -0.279. The second kappa shape index (κ2) is 9.60. The molecule has 0 atom stereocenters. The summed E-state index contributed by atoms with van der Waals surface area (Å²) in [4.78, 5) is 26.6. The lowest BCUT2D eigenvalue weighted by molar-refractivity contribution is -0.123. The largest absolute Gasteiger partial charge is 0.489 e. The molecular weight excluding hydrogens is 453 g/mol. The number of ether oxygens (including phenoxy) is 1. The lowest BCUT2D eigenvalue weighted by Crippen LogP contribution is -2.27. The minimum Gasteiger partial charge on any atom is -0.489 e. The fourth-order valence-electron chi connectivity index (χ4n) is 3.01. The number of halogens is 2. The molecule has 0 spiro atoms. The number of thioether (sulfide) groups is 1. The predicted molar refractivity (Wildman–Crippen MR) is 125 cm³/mol. The van der Waals surface area contributed by atoms with Crippen molar-refractivity contribution in [3.8, 4) is 5.75 Å². The molecule has 1 saturated heterocycles. The minimum absolute atomic E-state index is 0.262. The van der Waals surface area contributed by atoms with E-state index in [1.165, 1.54) is 4.90 Å². The van der Waals surface area contributed by atoms with E-state index in [0.29, 0.717) is 27.3 Å². The van der Waals surface area contributed by atoms with E-state index in [1.807, 2.05) is 60.7 Å². The molecule has 0 radical (unpaired) electrons. The first kappa shape index (κ1) is 21.5. The van der Waals surface area contributed by atoms with Crippen LogP contribution in [0.4, 0.5) is 4.79 Å². The Morgan fingerprint density at radius 2 is 1.61 bits per heavy atom. The molecule has 0 bridgehead atoms. The standard InChI is InChI=1S/C24H17Cl2NO3S/c25-20-11-8-18(12-21(20)26)15-30-19-9-6-16(7-10-19)13-22-23(28)27(24(29)31-22)14-17-4-2-1-3-5-17/h1-13H,14-15H2/b22-13-. The second-order valence-corrected chi connectivity index (χ2v) is 8.67. The smallest absolute Gasteiger partial charge is 0.293 e. The summed E-state index contributed by atoms with van der Waals surface area (Å²) in [7, 11) is 0. The van der Waals surface area contributed by atoms with Crippen LogP contribution in [0.25, 0.3) is 6.08 Å². The van der Waals surface area contributed by atoms with E-state index in [9.17, 15) is 9.59 Å². The number of carbonyl (C=O) groups excluding carboxylic acids is 2. The van der Waals surface area contributed by atoms with Crippen LogP contribution in [-0.4, -0.2) is 16.0 Å². The molecule has 3 aromatic rings. The first-order valence-electron chi connectivity index (χ1n) is 9.46. The van der Waals surface area contributed by atoms with Crippen molar-refractivity contribution in [1.82, 2.24) is 4.90 Å². The number of carbonyl (C=O) groups is 2. The van der Waals surface area contributed by atoms with Gasteiger partial charge in [0.05, 0.1) is 21.5 Å². The molecule has 31 heavy (non-hydrogen) atoms. The number of hydrogen-bond donors (Lipinski definition) is 0. The van der Waals surface area contributed by atoms with E-state index in [2.05, 4.69) is 0 Å². The molecule has 156 valence electrons. The van der Waals surface area contributed by atoms with Crippen LogP contribution in [0, 0.1) is 0 Å². The molecule has 3 aromatic carbocycles. The van der Waals surface area contributed by atoms with Gasteiger partial charge in [0.25, 0.3) is 11.1 Å². The Bertz CT molecular complexity index is 1150. The van der Waals surface area contributed by atoms with Crippen LogP contribution < -0.4 is 4.74 Å². The van der Waals surface area contributed by atoms with Gasteiger partial charge in [0.15, 0.2) is 0 Å². The van der Waals surface area contributed by atoms with Gasteiger partial charge in [0.1, 0.15) is 12.4 Å². The van der Waals surface area contributed by atoms with Crippen molar-refractivity contribution >= 4 is 52.2 Å². The molecule has 4 nitrogen and oxygen atoms in total. The molecule has 0 saturated carbocycles. The summed E-state index contributed by atoms with van der Waals surface area (Å²) in [6.07, 6.45) is 1.72. The third-order valence-electron chi connectivity index (χ3n) is 4.62. The fraction of sp³-hybridized carbons (Fsp3) is 0.0833. The highest BCUT2D eigenvalue weighted by molar-refractivity contribution is 8.18. The number of imide groups is 1. The van der Waals surface area contributed by atoms with E-state index in [1.54, 1.807) is 18.2 Å². The molecule has 7 heteroatoms. The van der Waals surface area contributed by atoms with Crippen molar-refractivity contribution in [3.63, 3.8) is 0 Å². The van der Waals surface area contributed by atoms with Gasteiger partial charge in [-0.2, -0.15) is 0 Å². The van der Waals surface area contributed by atoms with Crippen molar-refractivity contribution in [3.05, 3.63) is 104 Å². The molecule has 2 amide bonds. The first-order valence-corrected chi connectivity index (χ1v) is 11.0. The van der Waals surface area contributed by atoms with Gasteiger partial charge in [-0.05, 0) is 58.8 Å². The number of nitrogens with zero attached hydrogens (tertiary/aromatic N) is 1. The topological polar surface area (TPSA) is 46.6 Å². The van der Waals surface area contributed by atoms with Crippen LogP contribution in [0.2, 0.25) is 10.0 Å². The van der Waals surface area contributed by atoms with Gasteiger partial charge >= 0.3 is 0 Å². The summed E-state index contributed by atoms with van der Waals surface area (Å²) < 4.78 is 5.78. The van der Waals surface area contributed by atoms with Gasteiger partial charge in [0.2, 0.25) is 0 Å². The van der Waals surface area contributed by atoms with Crippen molar-refractivity contribution in [2.24, 2.45) is 0 Å². The highest BCUT2D eigenvalue weighted by atomic mass is 35.5. The Kier molecular flexibility index (Phi) is 6.66. The summed E-state index contributed by atoms with van der Waals surface area (Å²) in [5, 5.41) is 0.726. The highest BCUT2D eigenvalue weighted by Crippen LogP contribution is 2.33. The van der Waals surface area contributed by atoms with Gasteiger partial charge in [0, 0.05) is 0 Å².